The molecule has 0 saturated carbocycles. The van der Waals surface area contributed by atoms with Crippen LogP contribution in [0.15, 0.2) is 53.9 Å². The molecule has 34 heavy (non-hydrogen) atoms. The first-order valence-corrected chi connectivity index (χ1v) is 10.9. The highest BCUT2D eigenvalue weighted by Gasteiger charge is 2.35. The van der Waals surface area contributed by atoms with Crippen LogP contribution in [-0.4, -0.2) is 20.9 Å². The Morgan fingerprint density at radius 2 is 1.74 bits per heavy atom. The van der Waals surface area contributed by atoms with Gasteiger partial charge in [0.15, 0.2) is 5.13 Å². The number of amides is 1. The van der Waals surface area contributed by atoms with E-state index in [9.17, 15) is 22.4 Å². The molecule has 0 fully saturated rings. The van der Waals surface area contributed by atoms with Crippen molar-refractivity contribution in [1.29, 1.82) is 0 Å². The Morgan fingerprint density at radius 3 is 2.41 bits per heavy atom. The molecule has 2 aromatic heterocycles. The average molecular weight is 528 g/mol. The van der Waals surface area contributed by atoms with Crippen LogP contribution >= 0.6 is 34.5 Å². The van der Waals surface area contributed by atoms with Crippen LogP contribution in [0, 0.1) is 5.82 Å². The van der Waals surface area contributed by atoms with Gasteiger partial charge in [0, 0.05) is 28.3 Å². The number of benzene rings is 2. The summed E-state index contributed by atoms with van der Waals surface area (Å²) in [6.45, 7) is 0. The number of carbonyl (C=O) groups excluding carboxylic acids is 1. The fraction of sp³-hybridized carbons (Fsp3) is 0.0476. The standard InChI is InChI=1S/C21H11Cl2F4N5OS/c22-15-8-16(31-19(23)30-15)28-11-6-4-10(5-7-11)18(33)32-20-29-14(9-34-20)12-2-1-3-13(17(12)24)21(25,26)27/h1-9H,(H,28,30,31)(H,29,32,33). The molecule has 4 rings (SSSR count). The number of anilines is 3. The minimum Gasteiger partial charge on any atom is -0.340 e. The van der Waals surface area contributed by atoms with E-state index in [0.717, 1.165) is 17.4 Å². The lowest BCUT2D eigenvalue weighted by atomic mass is 10.1. The van der Waals surface area contributed by atoms with Gasteiger partial charge in [-0.1, -0.05) is 17.7 Å². The third-order valence-electron chi connectivity index (χ3n) is 4.39. The van der Waals surface area contributed by atoms with Crippen LogP contribution in [0.3, 0.4) is 0 Å². The van der Waals surface area contributed by atoms with Gasteiger partial charge in [-0.05, 0) is 48.0 Å². The Bertz CT molecular complexity index is 1340. The smallest absolute Gasteiger partial charge is 0.340 e. The number of hydrogen-bond acceptors (Lipinski definition) is 6. The van der Waals surface area contributed by atoms with Crippen molar-refractivity contribution in [1.82, 2.24) is 15.0 Å². The fourth-order valence-electron chi connectivity index (χ4n) is 2.88. The molecule has 2 aromatic carbocycles. The van der Waals surface area contributed by atoms with Gasteiger partial charge in [0.25, 0.3) is 5.91 Å². The van der Waals surface area contributed by atoms with E-state index in [2.05, 4.69) is 25.6 Å². The largest absolute Gasteiger partial charge is 0.419 e. The lowest BCUT2D eigenvalue weighted by Crippen LogP contribution is -2.11. The van der Waals surface area contributed by atoms with Crippen molar-refractivity contribution < 1.29 is 22.4 Å². The summed E-state index contributed by atoms with van der Waals surface area (Å²) in [6.07, 6.45) is -4.83. The maximum atomic E-state index is 14.4. The molecule has 174 valence electrons. The summed E-state index contributed by atoms with van der Waals surface area (Å²) >= 11 is 12.5. The molecule has 0 atom stereocenters. The summed E-state index contributed by atoms with van der Waals surface area (Å²) in [4.78, 5) is 24.3. The molecule has 2 heterocycles. The van der Waals surface area contributed by atoms with Crippen LogP contribution in [0.25, 0.3) is 11.3 Å². The van der Waals surface area contributed by atoms with Crippen LogP contribution in [0.5, 0.6) is 0 Å². The van der Waals surface area contributed by atoms with Gasteiger partial charge < -0.3 is 5.32 Å². The third-order valence-corrected chi connectivity index (χ3v) is 5.51. The Labute approximate surface area is 203 Å². The molecule has 0 radical (unpaired) electrons. The summed E-state index contributed by atoms with van der Waals surface area (Å²) in [5.74, 6) is -1.57. The second-order valence-electron chi connectivity index (χ2n) is 6.70. The minimum absolute atomic E-state index is 0.0226. The molecule has 1 amide bonds. The minimum atomic E-state index is -4.83. The molecule has 13 heteroatoms. The molecule has 6 nitrogen and oxygen atoms in total. The zero-order valence-corrected chi connectivity index (χ0v) is 19.0. The summed E-state index contributed by atoms with van der Waals surface area (Å²) in [5.41, 5.74) is -0.841. The Kier molecular flexibility index (Phi) is 6.69. The number of thiazole rings is 1. The van der Waals surface area contributed by atoms with Crippen LogP contribution in [0.1, 0.15) is 15.9 Å². The van der Waals surface area contributed by atoms with Crippen molar-refractivity contribution in [2.45, 2.75) is 6.18 Å². The molecule has 0 aliphatic carbocycles. The van der Waals surface area contributed by atoms with Crippen molar-refractivity contribution in [3.8, 4) is 11.3 Å². The number of alkyl halides is 3. The number of halogens is 6. The Morgan fingerprint density at radius 1 is 1.00 bits per heavy atom. The van der Waals surface area contributed by atoms with E-state index < -0.39 is 23.5 Å². The number of aromatic nitrogens is 3. The second kappa shape index (κ2) is 9.53. The van der Waals surface area contributed by atoms with Gasteiger partial charge in [-0.25, -0.2) is 19.3 Å². The van der Waals surface area contributed by atoms with E-state index in [-0.39, 0.29) is 32.4 Å². The topological polar surface area (TPSA) is 79.8 Å². The average Bonchev–Trinajstić information content (AvgIpc) is 3.21. The maximum absolute atomic E-state index is 14.4. The molecular weight excluding hydrogens is 517 g/mol. The molecule has 2 N–H and O–H groups in total. The van der Waals surface area contributed by atoms with Crippen LogP contribution in [-0.2, 0) is 6.18 Å². The lowest BCUT2D eigenvalue weighted by Gasteiger charge is -2.09. The number of nitrogens with one attached hydrogen (secondary N) is 2. The molecule has 0 bridgehead atoms. The predicted octanol–water partition coefficient (Wildman–Crippen LogP) is 7.06. The van der Waals surface area contributed by atoms with Gasteiger partial charge in [0.1, 0.15) is 16.8 Å². The van der Waals surface area contributed by atoms with E-state index in [1.165, 1.54) is 29.6 Å². The molecular formula is C21H11Cl2F4N5OS. The summed E-state index contributed by atoms with van der Waals surface area (Å²) in [7, 11) is 0. The third kappa shape index (κ3) is 5.44. The van der Waals surface area contributed by atoms with E-state index >= 15 is 0 Å². The van der Waals surface area contributed by atoms with Gasteiger partial charge in [0.2, 0.25) is 5.28 Å². The first-order chi connectivity index (χ1) is 16.1. The zero-order chi connectivity index (χ0) is 24.5. The van der Waals surface area contributed by atoms with E-state index in [1.807, 2.05) is 0 Å². The molecule has 0 aliphatic rings. The van der Waals surface area contributed by atoms with Crippen molar-refractivity contribution in [3.63, 3.8) is 0 Å². The zero-order valence-electron chi connectivity index (χ0n) is 16.6. The fourth-order valence-corrected chi connectivity index (χ4v) is 3.99. The number of nitrogens with zero attached hydrogens (tertiary/aromatic N) is 3. The van der Waals surface area contributed by atoms with Crippen LogP contribution in [0.4, 0.5) is 34.2 Å². The van der Waals surface area contributed by atoms with Crippen molar-refractivity contribution in [3.05, 3.63) is 81.3 Å². The van der Waals surface area contributed by atoms with E-state index in [4.69, 9.17) is 23.2 Å². The summed E-state index contributed by atoms with van der Waals surface area (Å²) < 4.78 is 53.2. The first kappa shape index (κ1) is 23.9. The van der Waals surface area contributed by atoms with Gasteiger partial charge in [-0.15, -0.1) is 11.3 Å². The van der Waals surface area contributed by atoms with Crippen LogP contribution in [0.2, 0.25) is 10.4 Å². The molecule has 0 spiro atoms. The highest BCUT2D eigenvalue weighted by Crippen LogP contribution is 2.36. The lowest BCUT2D eigenvalue weighted by molar-refractivity contribution is -0.139. The van der Waals surface area contributed by atoms with Gasteiger partial charge in [0.05, 0.1) is 11.3 Å². The number of carbonyl (C=O) groups is 1. The van der Waals surface area contributed by atoms with Gasteiger partial charge in [-0.3, -0.25) is 10.1 Å². The Hall–Kier alpha value is -3.28. The van der Waals surface area contributed by atoms with Gasteiger partial charge in [-0.2, -0.15) is 13.2 Å². The van der Waals surface area contributed by atoms with Crippen molar-refractivity contribution >= 4 is 57.1 Å². The second-order valence-corrected chi connectivity index (χ2v) is 8.29. The quantitative estimate of drug-likeness (QED) is 0.165. The highest BCUT2D eigenvalue weighted by atomic mass is 35.5. The van der Waals surface area contributed by atoms with E-state index in [0.29, 0.717) is 17.6 Å². The van der Waals surface area contributed by atoms with E-state index in [1.54, 1.807) is 12.1 Å². The molecule has 0 unspecified atom stereocenters. The highest BCUT2D eigenvalue weighted by molar-refractivity contribution is 7.14. The van der Waals surface area contributed by atoms with Crippen molar-refractivity contribution in [2.75, 3.05) is 10.6 Å². The number of hydrogen-bond donors (Lipinski definition) is 2. The number of rotatable bonds is 5. The monoisotopic (exact) mass is 527 g/mol. The normalized spacial score (nSPS) is 11.4. The van der Waals surface area contributed by atoms with Gasteiger partial charge >= 0.3 is 6.18 Å². The summed E-state index contributed by atoms with van der Waals surface area (Å²) in [5, 5.41) is 7.10. The first-order valence-electron chi connectivity index (χ1n) is 9.30. The van der Waals surface area contributed by atoms with Crippen LogP contribution < -0.4 is 10.6 Å². The SMILES string of the molecule is O=C(Nc1nc(-c2cccc(C(F)(F)F)c2F)cs1)c1ccc(Nc2cc(Cl)nc(Cl)n2)cc1. The molecule has 0 saturated heterocycles. The predicted molar refractivity (Wildman–Crippen MR) is 122 cm³/mol. The van der Waals surface area contributed by atoms with Crippen molar-refractivity contribution in [2.24, 2.45) is 0 Å². The summed E-state index contributed by atoms with van der Waals surface area (Å²) in [6, 6.07) is 10.7. The Balaban J connectivity index is 1.46. The molecule has 0 aliphatic heterocycles. The molecule has 4 aromatic rings. The maximum Gasteiger partial charge on any atom is 0.419 e.